The van der Waals surface area contributed by atoms with Crippen LogP contribution in [0.5, 0.6) is 5.75 Å². The van der Waals surface area contributed by atoms with E-state index < -0.39 is 9.03 Å². The van der Waals surface area contributed by atoms with Gasteiger partial charge < -0.3 is 9.42 Å². The molecule has 17 heavy (non-hydrogen) atoms. The van der Waals surface area contributed by atoms with E-state index in [1.54, 1.807) is 0 Å². The number of hydrogen-bond acceptors (Lipinski definition) is 2. The van der Waals surface area contributed by atoms with Crippen LogP contribution in [0.1, 0.15) is 13.0 Å². The van der Waals surface area contributed by atoms with Crippen molar-refractivity contribution in [1.29, 1.82) is 0 Å². The van der Waals surface area contributed by atoms with Crippen LogP contribution in [0.2, 0.25) is 0 Å². The lowest BCUT2D eigenvalue weighted by atomic mass is 10.0. The van der Waals surface area contributed by atoms with Crippen LogP contribution in [0.4, 0.5) is 0 Å². The number of benzene rings is 2. The number of aryl methyl sites for hydroxylation is 1. The fourth-order valence-electron chi connectivity index (χ4n) is 1.63. The van der Waals surface area contributed by atoms with Gasteiger partial charge in [-0.25, -0.2) is 0 Å². The Balaban J connectivity index is 0.00000144. The summed E-state index contributed by atoms with van der Waals surface area (Å²) in [4.78, 5) is 8.87. The molecule has 0 bridgehead atoms. The molecule has 0 radical (unpaired) electrons. The minimum atomic E-state index is -0.527. The van der Waals surface area contributed by atoms with E-state index in [2.05, 4.69) is 6.07 Å². The van der Waals surface area contributed by atoms with Gasteiger partial charge in [-0.3, -0.25) is 0 Å². The van der Waals surface area contributed by atoms with Crippen LogP contribution in [0.25, 0.3) is 11.1 Å². The van der Waals surface area contributed by atoms with E-state index in [9.17, 15) is 0 Å². The second-order valence-electron chi connectivity index (χ2n) is 3.56. The Labute approximate surface area is 104 Å². The van der Waals surface area contributed by atoms with Gasteiger partial charge in [-0.1, -0.05) is 49.4 Å². The zero-order valence-corrected chi connectivity index (χ0v) is 9.97. The first-order chi connectivity index (χ1) is 7.81. The minimum Gasteiger partial charge on any atom is -0.449 e. The molecule has 3 heteroatoms. The average Bonchev–Trinajstić information content (AvgIpc) is 2.33. The topological polar surface area (TPSA) is 29.5 Å². The maximum Gasteiger partial charge on any atom is 0.212 e. The maximum atomic E-state index is 8.87. The van der Waals surface area contributed by atoms with Crippen LogP contribution in [0, 0.1) is 6.92 Å². The summed E-state index contributed by atoms with van der Waals surface area (Å²) in [6.07, 6.45) is 0. The highest BCUT2D eigenvalue weighted by atomic mass is 31.1. The predicted octanol–water partition coefficient (Wildman–Crippen LogP) is 4.18. The minimum absolute atomic E-state index is 0. The second-order valence-corrected chi connectivity index (χ2v) is 3.95. The molecule has 0 aliphatic rings. The van der Waals surface area contributed by atoms with Crippen molar-refractivity contribution in [2.45, 2.75) is 14.4 Å². The molecule has 0 saturated carbocycles. The molecule has 0 spiro atoms. The fourth-order valence-corrected chi connectivity index (χ4v) is 1.90. The molecule has 2 aromatic rings. The molecule has 2 rings (SSSR count). The van der Waals surface area contributed by atoms with E-state index in [0.717, 1.165) is 16.9 Å². The van der Waals surface area contributed by atoms with Crippen LogP contribution in [-0.2, 0) is 0 Å². The molecule has 2 nitrogen and oxygen atoms in total. The summed E-state index contributed by atoms with van der Waals surface area (Å²) in [5, 5.41) is 0. The molecule has 1 N–H and O–H groups in total. The van der Waals surface area contributed by atoms with Crippen molar-refractivity contribution in [2.24, 2.45) is 0 Å². The lowest BCUT2D eigenvalue weighted by Gasteiger charge is -2.10. The summed E-state index contributed by atoms with van der Waals surface area (Å²) in [6.45, 7) is 2.04. The second kappa shape index (κ2) is 6.39. The van der Waals surface area contributed by atoms with E-state index in [0.29, 0.717) is 0 Å². The van der Waals surface area contributed by atoms with Gasteiger partial charge in [0, 0.05) is 5.56 Å². The Morgan fingerprint density at radius 3 is 2.41 bits per heavy atom. The molecule has 0 fully saturated rings. The van der Waals surface area contributed by atoms with Crippen LogP contribution >= 0.6 is 9.03 Å². The van der Waals surface area contributed by atoms with Crippen LogP contribution in [0.3, 0.4) is 0 Å². The van der Waals surface area contributed by atoms with Crippen molar-refractivity contribution in [1.82, 2.24) is 0 Å². The largest absolute Gasteiger partial charge is 0.449 e. The standard InChI is InChI=1S/C13H13O2P.CH4/c1-10-7-8-13(15-16-14)12(9-10)11-5-3-2-4-6-11;/h2-9,14,16H,1H3;1H4. The van der Waals surface area contributed by atoms with Gasteiger partial charge in [0.15, 0.2) is 0 Å². The zero-order valence-electron chi connectivity index (χ0n) is 8.97. The van der Waals surface area contributed by atoms with Crippen LogP contribution in [0.15, 0.2) is 48.5 Å². The summed E-state index contributed by atoms with van der Waals surface area (Å²) in [7, 11) is -0.527. The lowest BCUT2D eigenvalue weighted by Crippen LogP contribution is -1.86. The van der Waals surface area contributed by atoms with Crippen molar-refractivity contribution in [3.05, 3.63) is 54.1 Å². The lowest BCUT2D eigenvalue weighted by molar-refractivity contribution is 0.515. The molecule has 0 amide bonds. The third-order valence-electron chi connectivity index (χ3n) is 2.38. The van der Waals surface area contributed by atoms with Crippen molar-refractivity contribution in [3.63, 3.8) is 0 Å². The molecule has 0 aromatic heterocycles. The van der Waals surface area contributed by atoms with E-state index in [1.807, 2.05) is 49.4 Å². The fraction of sp³-hybridized carbons (Fsp3) is 0.143. The number of hydrogen-bond donors (Lipinski definition) is 1. The summed E-state index contributed by atoms with van der Waals surface area (Å²) in [5.41, 5.74) is 3.29. The highest BCUT2D eigenvalue weighted by Crippen LogP contribution is 2.33. The third kappa shape index (κ3) is 3.29. The van der Waals surface area contributed by atoms with Crippen LogP contribution in [-0.4, -0.2) is 4.89 Å². The molecule has 0 saturated heterocycles. The molecular formula is C14H17O2P. The maximum absolute atomic E-state index is 8.87. The van der Waals surface area contributed by atoms with Gasteiger partial charge in [0.25, 0.3) is 0 Å². The van der Waals surface area contributed by atoms with Gasteiger partial charge in [0.05, 0.1) is 0 Å². The summed E-state index contributed by atoms with van der Waals surface area (Å²) < 4.78 is 5.23. The van der Waals surface area contributed by atoms with Gasteiger partial charge in [-0.2, -0.15) is 0 Å². The normalized spacial score (nSPS) is 10.2. The van der Waals surface area contributed by atoms with Crippen molar-refractivity contribution in [3.8, 4) is 16.9 Å². The highest BCUT2D eigenvalue weighted by molar-refractivity contribution is 7.25. The van der Waals surface area contributed by atoms with Crippen molar-refractivity contribution in [2.75, 3.05) is 0 Å². The van der Waals surface area contributed by atoms with E-state index >= 15 is 0 Å². The molecular weight excluding hydrogens is 231 g/mol. The molecule has 0 aliphatic carbocycles. The first-order valence-corrected chi connectivity index (χ1v) is 5.89. The molecule has 1 unspecified atom stereocenters. The van der Waals surface area contributed by atoms with Crippen molar-refractivity contribution < 1.29 is 9.42 Å². The van der Waals surface area contributed by atoms with E-state index in [4.69, 9.17) is 9.42 Å². The Morgan fingerprint density at radius 2 is 1.76 bits per heavy atom. The molecule has 1 atom stereocenters. The molecule has 2 aromatic carbocycles. The van der Waals surface area contributed by atoms with Gasteiger partial charge in [-0.05, 0) is 24.6 Å². The predicted molar refractivity (Wildman–Crippen MR) is 74.5 cm³/mol. The Bertz CT molecular complexity index is 469. The quantitative estimate of drug-likeness (QED) is 0.826. The SMILES string of the molecule is C.Cc1ccc(OPO)c(-c2ccccc2)c1. The Morgan fingerprint density at radius 1 is 1.06 bits per heavy atom. The van der Waals surface area contributed by atoms with E-state index in [-0.39, 0.29) is 7.43 Å². The third-order valence-corrected chi connectivity index (χ3v) is 2.69. The first kappa shape index (κ1) is 13.7. The average molecular weight is 248 g/mol. The van der Waals surface area contributed by atoms with Gasteiger partial charge in [0.1, 0.15) is 5.75 Å². The van der Waals surface area contributed by atoms with Crippen LogP contribution < -0.4 is 4.52 Å². The first-order valence-electron chi connectivity index (χ1n) is 5.03. The van der Waals surface area contributed by atoms with Gasteiger partial charge in [0.2, 0.25) is 9.03 Å². The zero-order chi connectivity index (χ0) is 11.4. The van der Waals surface area contributed by atoms with Gasteiger partial charge in [-0.15, -0.1) is 0 Å². The monoisotopic (exact) mass is 248 g/mol. The molecule has 0 aliphatic heterocycles. The summed E-state index contributed by atoms with van der Waals surface area (Å²) in [6, 6.07) is 15.9. The Hall–Kier alpha value is -1.37. The molecule has 0 heterocycles. The van der Waals surface area contributed by atoms with Gasteiger partial charge >= 0.3 is 0 Å². The molecule has 90 valence electrons. The highest BCUT2D eigenvalue weighted by Gasteiger charge is 2.05. The Kier molecular flexibility index (Phi) is 5.14. The smallest absolute Gasteiger partial charge is 0.212 e. The van der Waals surface area contributed by atoms with Crippen molar-refractivity contribution >= 4 is 9.03 Å². The summed E-state index contributed by atoms with van der Waals surface area (Å²) in [5.74, 6) is 0.720. The summed E-state index contributed by atoms with van der Waals surface area (Å²) >= 11 is 0. The van der Waals surface area contributed by atoms with E-state index in [1.165, 1.54) is 5.56 Å². The number of rotatable bonds is 3.